The molecular formula is C15H18N4. The molecular weight excluding hydrogens is 236 g/mol. The molecule has 19 heavy (non-hydrogen) atoms. The SMILES string of the molecule is CNc1nc(N)nc2c1CCCC2c1ccccc1. The summed E-state index contributed by atoms with van der Waals surface area (Å²) in [4.78, 5) is 8.80. The molecule has 1 aliphatic carbocycles. The molecule has 1 atom stereocenters. The summed E-state index contributed by atoms with van der Waals surface area (Å²) < 4.78 is 0. The van der Waals surface area contributed by atoms with Crippen LogP contribution in [0.1, 0.15) is 35.6 Å². The molecule has 0 amide bonds. The zero-order chi connectivity index (χ0) is 13.2. The molecule has 1 heterocycles. The molecule has 0 spiro atoms. The fourth-order valence-corrected chi connectivity index (χ4v) is 2.89. The summed E-state index contributed by atoms with van der Waals surface area (Å²) in [6, 6.07) is 10.5. The lowest BCUT2D eigenvalue weighted by Crippen LogP contribution is -2.17. The number of nitrogens with one attached hydrogen (secondary N) is 1. The number of hydrogen-bond donors (Lipinski definition) is 2. The van der Waals surface area contributed by atoms with E-state index in [9.17, 15) is 0 Å². The first-order valence-electron chi connectivity index (χ1n) is 6.68. The first-order chi connectivity index (χ1) is 9.29. The van der Waals surface area contributed by atoms with Gasteiger partial charge in [-0.3, -0.25) is 0 Å². The number of benzene rings is 1. The van der Waals surface area contributed by atoms with E-state index in [2.05, 4.69) is 39.6 Å². The second-order valence-corrected chi connectivity index (χ2v) is 4.90. The molecule has 4 heteroatoms. The largest absolute Gasteiger partial charge is 0.373 e. The van der Waals surface area contributed by atoms with Gasteiger partial charge in [0.15, 0.2) is 0 Å². The van der Waals surface area contributed by atoms with Crippen LogP contribution in [0.15, 0.2) is 30.3 Å². The van der Waals surface area contributed by atoms with E-state index >= 15 is 0 Å². The summed E-state index contributed by atoms with van der Waals surface area (Å²) in [5.74, 6) is 1.57. The number of anilines is 2. The molecule has 0 radical (unpaired) electrons. The summed E-state index contributed by atoms with van der Waals surface area (Å²) in [5, 5.41) is 3.14. The fourth-order valence-electron chi connectivity index (χ4n) is 2.89. The molecule has 3 N–H and O–H groups in total. The Balaban J connectivity index is 2.12. The van der Waals surface area contributed by atoms with E-state index in [1.54, 1.807) is 0 Å². The molecule has 3 rings (SSSR count). The van der Waals surface area contributed by atoms with Crippen LogP contribution >= 0.6 is 0 Å². The molecule has 1 aromatic heterocycles. The minimum absolute atomic E-state index is 0.336. The van der Waals surface area contributed by atoms with Crippen molar-refractivity contribution in [1.29, 1.82) is 0 Å². The Morgan fingerprint density at radius 2 is 2.00 bits per heavy atom. The molecule has 0 bridgehead atoms. The topological polar surface area (TPSA) is 63.8 Å². The lowest BCUT2D eigenvalue weighted by Gasteiger charge is -2.26. The minimum atomic E-state index is 0.336. The number of nitrogens with two attached hydrogens (primary N) is 1. The lowest BCUT2D eigenvalue weighted by molar-refractivity contribution is 0.597. The fraction of sp³-hybridized carbons (Fsp3) is 0.333. The number of hydrogen-bond acceptors (Lipinski definition) is 4. The number of fused-ring (bicyclic) bond motifs is 1. The van der Waals surface area contributed by atoms with Gasteiger partial charge in [0.1, 0.15) is 5.82 Å². The quantitative estimate of drug-likeness (QED) is 0.864. The van der Waals surface area contributed by atoms with Crippen molar-refractivity contribution in [3.8, 4) is 0 Å². The van der Waals surface area contributed by atoms with Gasteiger partial charge >= 0.3 is 0 Å². The van der Waals surface area contributed by atoms with E-state index in [0.29, 0.717) is 11.9 Å². The van der Waals surface area contributed by atoms with Crippen molar-refractivity contribution in [3.05, 3.63) is 47.2 Å². The Kier molecular flexibility index (Phi) is 3.07. The van der Waals surface area contributed by atoms with E-state index in [4.69, 9.17) is 5.73 Å². The van der Waals surface area contributed by atoms with Crippen LogP contribution in [0.5, 0.6) is 0 Å². The third-order valence-corrected chi connectivity index (χ3v) is 3.74. The smallest absolute Gasteiger partial charge is 0.222 e. The van der Waals surface area contributed by atoms with E-state index in [0.717, 1.165) is 30.8 Å². The molecule has 98 valence electrons. The Bertz CT molecular complexity index is 580. The highest BCUT2D eigenvalue weighted by molar-refractivity contribution is 5.53. The molecule has 0 saturated carbocycles. The first-order valence-corrected chi connectivity index (χ1v) is 6.68. The van der Waals surface area contributed by atoms with Crippen molar-refractivity contribution in [3.63, 3.8) is 0 Å². The van der Waals surface area contributed by atoms with Crippen LogP contribution in [0.3, 0.4) is 0 Å². The zero-order valence-corrected chi connectivity index (χ0v) is 11.1. The highest BCUT2D eigenvalue weighted by atomic mass is 15.1. The third-order valence-electron chi connectivity index (χ3n) is 3.74. The number of aromatic nitrogens is 2. The van der Waals surface area contributed by atoms with E-state index in [1.807, 2.05) is 13.1 Å². The van der Waals surface area contributed by atoms with Crippen molar-refractivity contribution in [2.45, 2.75) is 25.2 Å². The minimum Gasteiger partial charge on any atom is -0.373 e. The van der Waals surface area contributed by atoms with Gasteiger partial charge in [0, 0.05) is 18.5 Å². The van der Waals surface area contributed by atoms with Gasteiger partial charge in [-0.1, -0.05) is 30.3 Å². The van der Waals surface area contributed by atoms with E-state index in [1.165, 1.54) is 11.1 Å². The molecule has 0 fully saturated rings. The van der Waals surface area contributed by atoms with Gasteiger partial charge in [0.05, 0.1) is 5.69 Å². The van der Waals surface area contributed by atoms with Gasteiger partial charge in [-0.15, -0.1) is 0 Å². The second kappa shape index (κ2) is 4.88. The van der Waals surface area contributed by atoms with E-state index in [-0.39, 0.29) is 0 Å². The number of nitrogen functional groups attached to an aromatic ring is 1. The third kappa shape index (κ3) is 2.14. The van der Waals surface area contributed by atoms with Crippen LogP contribution in [0.4, 0.5) is 11.8 Å². The summed E-state index contributed by atoms with van der Waals surface area (Å²) in [6.45, 7) is 0. The maximum atomic E-state index is 5.84. The zero-order valence-electron chi connectivity index (χ0n) is 11.1. The van der Waals surface area contributed by atoms with Gasteiger partial charge < -0.3 is 11.1 Å². The van der Waals surface area contributed by atoms with Crippen molar-refractivity contribution >= 4 is 11.8 Å². The van der Waals surface area contributed by atoms with Crippen molar-refractivity contribution in [2.75, 3.05) is 18.1 Å². The Hall–Kier alpha value is -2.10. The van der Waals surface area contributed by atoms with Crippen LogP contribution < -0.4 is 11.1 Å². The van der Waals surface area contributed by atoms with Crippen LogP contribution in [-0.2, 0) is 6.42 Å². The Morgan fingerprint density at radius 3 is 2.74 bits per heavy atom. The van der Waals surface area contributed by atoms with Crippen LogP contribution in [0.2, 0.25) is 0 Å². The standard InChI is InChI=1S/C15H18N4/c1-17-14-12-9-5-8-11(10-6-3-2-4-7-10)13(12)18-15(16)19-14/h2-4,6-7,11H,5,8-9H2,1H3,(H3,16,17,18,19). The van der Waals surface area contributed by atoms with Crippen LogP contribution in [0, 0.1) is 0 Å². The van der Waals surface area contributed by atoms with E-state index < -0.39 is 0 Å². The molecule has 1 aromatic carbocycles. The molecule has 0 aliphatic heterocycles. The first kappa shape index (κ1) is 12.0. The summed E-state index contributed by atoms with van der Waals surface area (Å²) in [6.07, 6.45) is 3.31. The molecule has 2 aromatic rings. The molecule has 1 unspecified atom stereocenters. The van der Waals surface area contributed by atoms with Gasteiger partial charge in [-0.25, -0.2) is 4.98 Å². The van der Waals surface area contributed by atoms with Gasteiger partial charge in [0.2, 0.25) is 5.95 Å². The van der Waals surface area contributed by atoms with Crippen LogP contribution in [-0.4, -0.2) is 17.0 Å². The Labute approximate surface area is 113 Å². The van der Waals surface area contributed by atoms with Crippen molar-refractivity contribution in [1.82, 2.24) is 9.97 Å². The average Bonchev–Trinajstić information content (AvgIpc) is 2.46. The monoisotopic (exact) mass is 254 g/mol. The molecule has 1 aliphatic rings. The number of nitrogens with zero attached hydrogens (tertiary/aromatic N) is 2. The van der Waals surface area contributed by atoms with Crippen LogP contribution in [0.25, 0.3) is 0 Å². The summed E-state index contributed by atoms with van der Waals surface area (Å²) in [7, 11) is 1.88. The van der Waals surface area contributed by atoms with Gasteiger partial charge in [-0.05, 0) is 24.8 Å². The molecule has 4 nitrogen and oxygen atoms in total. The number of rotatable bonds is 2. The van der Waals surface area contributed by atoms with Gasteiger partial charge in [-0.2, -0.15) is 4.98 Å². The second-order valence-electron chi connectivity index (χ2n) is 4.90. The predicted molar refractivity (Wildman–Crippen MR) is 77.2 cm³/mol. The maximum Gasteiger partial charge on any atom is 0.222 e. The highest BCUT2D eigenvalue weighted by Crippen LogP contribution is 2.37. The predicted octanol–water partition coefficient (Wildman–Crippen LogP) is 2.57. The lowest BCUT2D eigenvalue weighted by atomic mass is 9.82. The normalized spacial score (nSPS) is 17.8. The summed E-state index contributed by atoms with van der Waals surface area (Å²) in [5.41, 5.74) is 9.46. The highest BCUT2D eigenvalue weighted by Gasteiger charge is 2.26. The average molecular weight is 254 g/mol. The van der Waals surface area contributed by atoms with Crippen molar-refractivity contribution < 1.29 is 0 Å². The maximum absolute atomic E-state index is 5.84. The molecule has 0 saturated heterocycles. The van der Waals surface area contributed by atoms with Gasteiger partial charge in [0.25, 0.3) is 0 Å². The summed E-state index contributed by atoms with van der Waals surface area (Å²) >= 11 is 0. The van der Waals surface area contributed by atoms with Crippen molar-refractivity contribution in [2.24, 2.45) is 0 Å². The Morgan fingerprint density at radius 1 is 1.21 bits per heavy atom.